The summed E-state index contributed by atoms with van der Waals surface area (Å²) in [7, 11) is 0. The Morgan fingerprint density at radius 1 is 1.29 bits per heavy atom. The number of carbonyl (C=O) groups excluding carboxylic acids is 1. The fourth-order valence-electron chi connectivity index (χ4n) is 2.32. The number of rotatable bonds is 7. The molecule has 0 atom stereocenters. The summed E-state index contributed by atoms with van der Waals surface area (Å²) in [5, 5.41) is 9.88. The normalized spacial score (nSPS) is 10.6. The first-order chi connectivity index (χ1) is 10.2. The molecule has 4 N–H and O–H groups in total. The van der Waals surface area contributed by atoms with E-state index < -0.39 is 0 Å². The highest BCUT2D eigenvalue weighted by Gasteiger charge is 2.09. The van der Waals surface area contributed by atoms with Crippen LogP contribution in [0.2, 0.25) is 0 Å². The molecule has 0 unspecified atom stereocenters. The molecule has 0 aliphatic heterocycles. The first kappa shape index (κ1) is 15.3. The van der Waals surface area contributed by atoms with Crippen molar-refractivity contribution >= 4 is 5.91 Å². The third-order valence-corrected chi connectivity index (χ3v) is 3.52. The molecule has 21 heavy (non-hydrogen) atoms. The molecule has 1 aromatic carbocycles. The molecule has 1 aromatic heterocycles. The molecular formula is C16H22N4O. The van der Waals surface area contributed by atoms with Gasteiger partial charge in [0.25, 0.3) is 5.91 Å². The van der Waals surface area contributed by atoms with E-state index in [2.05, 4.69) is 15.5 Å². The van der Waals surface area contributed by atoms with Gasteiger partial charge in [0, 0.05) is 17.8 Å². The Morgan fingerprint density at radius 2 is 2.10 bits per heavy atom. The molecule has 0 saturated heterocycles. The van der Waals surface area contributed by atoms with Gasteiger partial charge in [-0.15, -0.1) is 0 Å². The van der Waals surface area contributed by atoms with E-state index in [9.17, 15) is 4.79 Å². The first-order valence-corrected chi connectivity index (χ1v) is 7.27. The van der Waals surface area contributed by atoms with E-state index in [0.29, 0.717) is 13.1 Å². The summed E-state index contributed by atoms with van der Waals surface area (Å²) in [5.41, 5.74) is 9.60. The van der Waals surface area contributed by atoms with Crippen LogP contribution in [0.1, 0.15) is 33.6 Å². The highest BCUT2D eigenvalue weighted by Crippen LogP contribution is 2.09. The van der Waals surface area contributed by atoms with Gasteiger partial charge in [-0.25, -0.2) is 0 Å². The summed E-state index contributed by atoms with van der Waals surface area (Å²) in [6.45, 7) is 3.20. The van der Waals surface area contributed by atoms with Crippen LogP contribution in [0.5, 0.6) is 0 Å². The van der Waals surface area contributed by atoms with Gasteiger partial charge in [0.05, 0.1) is 6.20 Å². The molecule has 1 heterocycles. The van der Waals surface area contributed by atoms with Crippen LogP contribution in [-0.4, -0.2) is 29.2 Å². The number of benzene rings is 1. The Bertz CT molecular complexity index is 591. The van der Waals surface area contributed by atoms with Gasteiger partial charge in [-0.2, -0.15) is 5.10 Å². The average molecular weight is 286 g/mol. The van der Waals surface area contributed by atoms with Gasteiger partial charge in [0.15, 0.2) is 0 Å². The minimum absolute atomic E-state index is 0.0250. The molecule has 5 nitrogen and oxygen atoms in total. The lowest BCUT2D eigenvalue weighted by atomic mass is 10.0. The molecule has 0 aliphatic rings. The molecule has 0 spiro atoms. The fraction of sp³-hybridized carbons (Fsp3) is 0.375. The number of aromatic amines is 1. The van der Waals surface area contributed by atoms with Crippen LogP contribution >= 0.6 is 0 Å². The Hall–Kier alpha value is -2.14. The average Bonchev–Trinajstić information content (AvgIpc) is 2.90. The van der Waals surface area contributed by atoms with E-state index in [-0.39, 0.29) is 5.91 Å². The van der Waals surface area contributed by atoms with Crippen molar-refractivity contribution < 1.29 is 4.79 Å². The monoisotopic (exact) mass is 286 g/mol. The number of nitrogens with two attached hydrogens (primary N) is 1. The van der Waals surface area contributed by atoms with Crippen molar-refractivity contribution in [2.24, 2.45) is 5.73 Å². The van der Waals surface area contributed by atoms with E-state index in [1.807, 2.05) is 37.4 Å². The quantitative estimate of drug-likeness (QED) is 0.676. The van der Waals surface area contributed by atoms with Crippen LogP contribution in [0.15, 0.2) is 30.5 Å². The highest BCUT2D eigenvalue weighted by atomic mass is 16.1. The maximum absolute atomic E-state index is 12.2. The predicted molar refractivity (Wildman–Crippen MR) is 83.2 cm³/mol. The number of nitrogens with one attached hydrogen (secondary N) is 2. The molecule has 0 fully saturated rings. The topological polar surface area (TPSA) is 83.8 Å². The Balaban J connectivity index is 1.83. The second-order valence-electron chi connectivity index (χ2n) is 5.08. The van der Waals surface area contributed by atoms with Crippen molar-refractivity contribution in [1.82, 2.24) is 15.5 Å². The highest BCUT2D eigenvalue weighted by molar-refractivity contribution is 5.95. The van der Waals surface area contributed by atoms with Crippen molar-refractivity contribution in [3.63, 3.8) is 0 Å². The van der Waals surface area contributed by atoms with Crippen LogP contribution < -0.4 is 11.1 Å². The number of aryl methyl sites for hydroxylation is 2. The zero-order valence-corrected chi connectivity index (χ0v) is 12.4. The fourth-order valence-corrected chi connectivity index (χ4v) is 2.32. The van der Waals surface area contributed by atoms with Gasteiger partial charge in [0.2, 0.25) is 0 Å². The van der Waals surface area contributed by atoms with Gasteiger partial charge in [-0.05, 0) is 49.9 Å². The first-order valence-electron chi connectivity index (χ1n) is 7.27. The van der Waals surface area contributed by atoms with E-state index >= 15 is 0 Å². The van der Waals surface area contributed by atoms with Crippen LogP contribution in [0.3, 0.4) is 0 Å². The lowest BCUT2D eigenvalue weighted by molar-refractivity contribution is 0.0952. The predicted octanol–water partition coefficient (Wildman–Crippen LogP) is 1.58. The van der Waals surface area contributed by atoms with Crippen molar-refractivity contribution in [3.05, 3.63) is 52.8 Å². The Morgan fingerprint density at radius 3 is 2.81 bits per heavy atom. The molecular weight excluding hydrogens is 264 g/mol. The van der Waals surface area contributed by atoms with Gasteiger partial charge in [0.1, 0.15) is 0 Å². The van der Waals surface area contributed by atoms with E-state index in [1.165, 1.54) is 5.56 Å². The maximum atomic E-state index is 12.2. The second kappa shape index (κ2) is 7.59. The van der Waals surface area contributed by atoms with Gasteiger partial charge in [-0.1, -0.05) is 18.2 Å². The van der Waals surface area contributed by atoms with Gasteiger partial charge < -0.3 is 11.1 Å². The molecule has 0 radical (unpaired) electrons. The lowest BCUT2D eigenvalue weighted by Crippen LogP contribution is -2.26. The van der Waals surface area contributed by atoms with Crippen LogP contribution in [-0.2, 0) is 12.8 Å². The second-order valence-corrected chi connectivity index (χ2v) is 5.08. The summed E-state index contributed by atoms with van der Waals surface area (Å²) < 4.78 is 0. The molecule has 1 amide bonds. The molecule has 0 aliphatic carbocycles. The Labute approximate surface area is 124 Å². The van der Waals surface area contributed by atoms with E-state index in [0.717, 1.165) is 36.1 Å². The zero-order valence-electron chi connectivity index (χ0n) is 12.4. The number of carbonyl (C=O) groups is 1. The van der Waals surface area contributed by atoms with Crippen molar-refractivity contribution in [1.29, 1.82) is 0 Å². The summed E-state index contributed by atoms with van der Waals surface area (Å²) in [5.74, 6) is -0.0250. The van der Waals surface area contributed by atoms with E-state index in [1.54, 1.807) is 0 Å². The molecule has 2 aromatic rings. The van der Waals surface area contributed by atoms with Crippen molar-refractivity contribution in [2.75, 3.05) is 13.1 Å². The molecule has 5 heteroatoms. The SMILES string of the molecule is Cc1[nH]ncc1CCCNC(=O)c1ccccc1CCN. The molecule has 0 saturated carbocycles. The summed E-state index contributed by atoms with van der Waals surface area (Å²) in [6.07, 6.45) is 4.36. The lowest BCUT2D eigenvalue weighted by Gasteiger charge is -2.09. The largest absolute Gasteiger partial charge is 0.352 e. The zero-order chi connectivity index (χ0) is 15.1. The molecule has 2 rings (SSSR count). The number of H-pyrrole nitrogens is 1. The number of aromatic nitrogens is 2. The Kier molecular flexibility index (Phi) is 5.51. The maximum Gasteiger partial charge on any atom is 0.251 e. The summed E-state index contributed by atoms with van der Waals surface area (Å²) >= 11 is 0. The van der Waals surface area contributed by atoms with E-state index in [4.69, 9.17) is 5.73 Å². The molecule has 112 valence electrons. The van der Waals surface area contributed by atoms with Gasteiger partial charge >= 0.3 is 0 Å². The van der Waals surface area contributed by atoms with Crippen LogP contribution in [0.25, 0.3) is 0 Å². The van der Waals surface area contributed by atoms with Crippen molar-refractivity contribution in [2.45, 2.75) is 26.2 Å². The smallest absolute Gasteiger partial charge is 0.251 e. The number of amides is 1. The van der Waals surface area contributed by atoms with Crippen LogP contribution in [0.4, 0.5) is 0 Å². The van der Waals surface area contributed by atoms with Gasteiger partial charge in [-0.3, -0.25) is 9.89 Å². The number of hydrogen-bond acceptors (Lipinski definition) is 3. The molecule has 0 bridgehead atoms. The van der Waals surface area contributed by atoms with Crippen LogP contribution in [0, 0.1) is 6.92 Å². The number of hydrogen-bond donors (Lipinski definition) is 3. The third-order valence-electron chi connectivity index (χ3n) is 3.52. The van der Waals surface area contributed by atoms with Crippen molar-refractivity contribution in [3.8, 4) is 0 Å². The standard InChI is InChI=1S/C16H22N4O/c1-12-14(11-19-20-12)6-4-10-18-16(21)15-7-3-2-5-13(15)8-9-17/h2-3,5,7,11H,4,6,8-10,17H2,1H3,(H,18,21)(H,19,20). The number of nitrogens with zero attached hydrogens (tertiary/aromatic N) is 1. The minimum Gasteiger partial charge on any atom is -0.352 e. The summed E-state index contributed by atoms with van der Waals surface area (Å²) in [4.78, 5) is 12.2. The minimum atomic E-state index is -0.0250. The third kappa shape index (κ3) is 4.16. The summed E-state index contributed by atoms with van der Waals surface area (Å²) in [6, 6.07) is 7.62.